The first-order valence-electron chi connectivity index (χ1n) is 9.11. The third-order valence-electron chi connectivity index (χ3n) is 4.43. The maximum Gasteiger partial charge on any atom is 0.314 e. The molecule has 0 fully saturated rings. The highest BCUT2D eigenvalue weighted by molar-refractivity contribution is 6.43. The van der Waals surface area contributed by atoms with Gasteiger partial charge in [-0.1, -0.05) is 0 Å². The molecule has 0 aliphatic carbocycles. The summed E-state index contributed by atoms with van der Waals surface area (Å²) in [6, 6.07) is 13.1. The summed E-state index contributed by atoms with van der Waals surface area (Å²) in [5.74, 6) is -1.38. The SMILES string of the molecule is CCN(CC)c1ccc(NC(=O)C(=O)Nc2ccc(N(C)C)cc2)c(C)c1. The Morgan fingerprint density at radius 3 is 1.93 bits per heavy atom. The summed E-state index contributed by atoms with van der Waals surface area (Å²) in [7, 11) is 3.88. The number of amides is 2. The van der Waals surface area contributed by atoms with E-state index in [1.807, 2.05) is 56.3 Å². The first-order chi connectivity index (χ1) is 12.8. The van der Waals surface area contributed by atoms with E-state index >= 15 is 0 Å². The molecule has 0 saturated heterocycles. The third kappa shape index (κ3) is 5.23. The summed E-state index contributed by atoms with van der Waals surface area (Å²) < 4.78 is 0. The largest absolute Gasteiger partial charge is 0.378 e. The fourth-order valence-electron chi connectivity index (χ4n) is 2.78. The van der Waals surface area contributed by atoms with Gasteiger partial charge >= 0.3 is 11.8 Å². The smallest absolute Gasteiger partial charge is 0.314 e. The Balaban J connectivity index is 2.02. The van der Waals surface area contributed by atoms with Gasteiger partial charge in [-0.15, -0.1) is 0 Å². The van der Waals surface area contributed by atoms with Gasteiger partial charge in [0, 0.05) is 49.9 Å². The number of anilines is 4. The molecule has 0 radical (unpaired) electrons. The van der Waals surface area contributed by atoms with Crippen molar-refractivity contribution < 1.29 is 9.59 Å². The van der Waals surface area contributed by atoms with Crippen molar-refractivity contribution in [1.82, 2.24) is 0 Å². The molecule has 0 aliphatic heterocycles. The van der Waals surface area contributed by atoms with Gasteiger partial charge in [0.15, 0.2) is 0 Å². The van der Waals surface area contributed by atoms with Crippen LogP contribution in [0.2, 0.25) is 0 Å². The van der Waals surface area contributed by atoms with Crippen LogP contribution in [0.4, 0.5) is 22.7 Å². The highest BCUT2D eigenvalue weighted by Crippen LogP contribution is 2.23. The van der Waals surface area contributed by atoms with E-state index in [4.69, 9.17) is 0 Å². The molecule has 6 nitrogen and oxygen atoms in total. The number of hydrogen-bond acceptors (Lipinski definition) is 4. The van der Waals surface area contributed by atoms with Crippen LogP contribution in [-0.2, 0) is 9.59 Å². The van der Waals surface area contributed by atoms with E-state index in [1.54, 1.807) is 12.1 Å². The average Bonchev–Trinajstić information content (AvgIpc) is 2.65. The van der Waals surface area contributed by atoms with Gasteiger partial charge in [0.2, 0.25) is 0 Å². The van der Waals surface area contributed by atoms with Gasteiger partial charge in [-0.3, -0.25) is 9.59 Å². The van der Waals surface area contributed by atoms with E-state index in [0.29, 0.717) is 11.4 Å². The Kier molecular flexibility index (Phi) is 6.82. The van der Waals surface area contributed by atoms with Gasteiger partial charge in [-0.2, -0.15) is 0 Å². The zero-order valence-corrected chi connectivity index (χ0v) is 16.7. The molecule has 0 aliphatic rings. The number of carbonyl (C=O) groups excluding carboxylic acids is 2. The second-order valence-electron chi connectivity index (χ2n) is 6.52. The van der Waals surface area contributed by atoms with Crippen molar-refractivity contribution in [1.29, 1.82) is 0 Å². The molecule has 2 rings (SSSR count). The highest BCUT2D eigenvalue weighted by Gasteiger charge is 2.15. The third-order valence-corrected chi connectivity index (χ3v) is 4.43. The molecule has 0 unspecified atom stereocenters. The second-order valence-corrected chi connectivity index (χ2v) is 6.52. The molecule has 6 heteroatoms. The Morgan fingerprint density at radius 1 is 0.852 bits per heavy atom. The number of benzene rings is 2. The van der Waals surface area contributed by atoms with Crippen LogP contribution in [0.15, 0.2) is 42.5 Å². The molecule has 2 amide bonds. The van der Waals surface area contributed by atoms with Gasteiger partial charge < -0.3 is 20.4 Å². The summed E-state index contributed by atoms with van der Waals surface area (Å²) in [5, 5.41) is 5.30. The Labute approximate surface area is 161 Å². The zero-order valence-electron chi connectivity index (χ0n) is 16.7. The molecular formula is C21H28N4O2. The van der Waals surface area contributed by atoms with Gasteiger partial charge in [0.25, 0.3) is 0 Å². The van der Waals surface area contributed by atoms with Crippen LogP contribution in [0.1, 0.15) is 19.4 Å². The minimum atomic E-state index is -0.695. The molecule has 27 heavy (non-hydrogen) atoms. The average molecular weight is 368 g/mol. The molecule has 0 heterocycles. The Bertz CT molecular complexity index is 796. The highest BCUT2D eigenvalue weighted by atomic mass is 16.2. The first-order valence-corrected chi connectivity index (χ1v) is 9.11. The second kappa shape index (κ2) is 9.07. The Morgan fingerprint density at radius 2 is 1.41 bits per heavy atom. The van der Waals surface area contributed by atoms with E-state index in [1.165, 1.54) is 0 Å². The molecule has 0 aromatic heterocycles. The fourth-order valence-corrected chi connectivity index (χ4v) is 2.78. The van der Waals surface area contributed by atoms with E-state index in [9.17, 15) is 9.59 Å². The quantitative estimate of drug-likeness (QED) is 0.766. The van der Waals surface area contributed by atoms with Crippen molar-refractivity contribution in [3.05, 3.63) is 48.0 Å². The lowest BCUT2D eigenvalue weighted by Crippen LogP contribution is -2.29. The zero-order chi connectivity index (χ0) is 20.0. The van der Waals surface area contributed by atoms with Gasteiger partial charge in [-0.25, -0.2) is 0 Å². The van der Waals surface area contributed by atoms with Gasteiger partial charge in [0.1, 0.15) is 0 Å². The summed E-state index contributed by atoms with van der Waals surface area (Å²) in [4.78, 5) is 28.6. The molecular weight excluding hydrogens is 340 g/mol. The van der Waals surface area contributed by atoms with Crippen molar-refractivity contribution in [3.63, 3.8) is 0 Å². The van der Waals surface area contributed by atoms with Crippen LogP contribution in [0.3, 0.4) is 0 Å². The van der Waals surface area contributed by atoms with Crippen LogP contribution in [0, 0.1) is 6.92 Å². The molecule has 0 bridgehead atoms. The van der Waals surface area contributed by atoms with Crippen LogP contribution >= 0.6 is 0 Å². The minimum absolute atomic E-state index is 0.578. The predicted octanol–water partition coefficient (Wildman–Crippen LogP) is 3.48. The number of carbonyl (C=O) groups is 2. The summed E-state index contributed by atoms with van der Waals surface area (Å²) in [6.45, 7) is 7.95. The lowest BCUT2D eigenvalue weighted by molar-refractivity contribution is -0.133. The van der Waals surface area contributed by atoms with E-state index in [2.05, 4.69) is 29.4 Å². The topological polar surface area (TPSA) is 64.7 Å². The molecule has 2 aromatic rings. The standard InChI is InChI=1S/C21H28N4O2/c1-6-25(7-2)18-12-13-19(15(3)14-18)23-21(27)20(26)22-16-8-10-17(11-9-16)24(4)5/h8-14H,6-7H2,1-5H3,(H,22,26)(H,23,27). The molecule has 2 aromatic carbocycles. The van der Waals surface area contributed by atoms with Crippen LogP contribution in [0.5, 0.6) is 0 Å². The molecule has 0 spiro atoms. The van der Waals surface area contributed by atoms with Crippen LogP contribution < -0.4 is 20.4 Å². The van der Waals surface area contributed by atoms with Crippen LogP contribution in [0.25, 0.3) is 0 Å². The molecule has 2 N–H and O–H groups in total. The monoisotopic (exact) mass is 368 g/mol. The lowest BCUT2D eigenvalue weighted by atomic mass is 10.1. The number of rotatable bonds is 6. The maximum absolute atomic E-state index is 12.2. The van der Waals surface area contributed by atoms with Crippen molar-refractivity contribution in [3.8, 4) is 0 Å². The maximum atomic E-state index is 12.2. The molecule has 144 valence electrons. The number of aryl methyl sites for hydroxylation is 1. The van der Waals surface area contributed by atoms with Gasteiger partial charge in [0.05, 0.1) is 0 Å². The first kappa shape index (κ1) is 20.3. The van der Waals surface area contributed by atoms with E-state index in [-0.39, 0.29) is 0 Å². The van der Waals surface area contributed by atoms with Crippen molar-refractivity contribution in [2.45, 2.75) is 20.8 Å². The Hall–Kier alpha value is -3.02. The normalized spacial score (nSPS) is 10.3. The summed E-state index contributed by atoms with van der Waals surface area (Å²) in [5.41, 5.74) is 4.24. The van der Waals surface area contributed by atoms with Crippen molar-refractivity contribution in [2.75, 3.05) is 47.6 Å². The predicted molar refractivity (Wildman–Crippen MR) is 113 cm³/mol. The molecule has 0 atom stereocenters. The summed E-state index contributed by atoms with van der Waals surface area (Å²) >= 11 is 0. The minimum Gasteiger partial charge on any atom is -0.378 e. The lowest BCUT2D eigenvalue weighted by Gasteiger charge is -2.22. The fraction of sp³-hybridized carbons (Fsp3) is 0.333. The van der Waals surface area contributed by atoms with Crippen LogP contribution in [-0.4, -0.2) is 39.0 Å². The number of hydrogen-bond donors (Lipinski definition) is 2. The van der Waals surface area contributed by atoms with Gasteiger partial charge in [-0.05, 0) is 68.8 Å². The number of nitrogens with one attached hydrogen (secondary N) is 2. The summed E-state index contributed by atoms with van der Waals surface area (Å²) in [6.07, 6.45) is 0. The number of nitrogens with zero attached hydrogens (tertiary/aromatic N) is 2. The van der Waals surface area contributed by atoms with E-state index < -0.39 is 11.8 Å². The van der Waals surface area contributed by atoms with E-state index in [0.717, 1.165) is 30.0 Å². The van der Waals surface area contributed by atoms with Crippen molar-refractivity contribution >= 4 is 34.6 Å². The molecule has 0 saturated carbocycles. The van der Waals surface area contributed by atoms with Crippen molar-refractivity contribution in [2.24, 2.45) is 0 Å².